The molecule has 1 aliphatic rings. The predicted molar refractivity (Wildman–Crippen MR) is 86.8 cm³/mol. The Morgan fingerprint density at radius 3 is 2.90 bits per heavy atom. The van der Waals surface area contributed by atoms with E-state index < -0.39 is 0 Å². The molecule has 2 aromatic heterocycles. The third-order valence-corrected chi connectivity index (χ3v) is 5.95. The number of rotatable bonds is 3. The van der Waals surface area contributed by atoms with E-state index >= 15 is 0 Å². The van der Waals surface area contributed by atoms with E-state index in [2.05, 4.69) is 24.9 Å². The molecule has 0 amide bonds. The minimum absolute atomic E-state index is 0.503. The van der Waals surface area contributed by atoms with Gasteiger partial charge >= 0.3 is 0 Å². The summed E-state index contributed by atoms with van der Waals surface area (Å²) >= 11 is 8.14. The van der Waals surface area contributed by atoms with Gasteiger partial charge in [0.2, 0.25) is 0 Å². The van der Waals surface area contributed by atoms with E-state index in [1.54, 1.807) is 11.3 Å². The van der Waals surface area contributed by atoms with Gasteiger partial charge in [0.25, 0.3) is 0 Å². The third-order valence-electron chi connectivity index (χ3n) is 4.49. The zero-order valence-corrected chi connectivity index (χ0v) is 13.7. The normalized spacial score (nSPS) is 23.4. The van der Waals surface area contributed by atoms with Crippen molar-refractivity contribution in [1.82, 2.24) is 9.97 Å². The van der Waals surface area contributed by atoms with Crippen molar-refractivity contribution in [2.45, 2.75) is 58.3 Å². The molecule has 1 fully saturated rings. The fraction of sp³-hybridized carbons (Fsp3) is 0.625. The van der Waals surface area contributed by atoms with Crippen LogP contribution in [0.1, 0.15) is 62.6 Å². The van der Waals surface area contributed by atoms with Crippen LogP contribution in [0.25, 0.3) is 10.2 Å². The smallest absolute Gasteiger partial charge is 0.141 e. The number of fused-ring (bicyclic) bond motifs is 1. The number of hydrogen-bond donors (Lipinski definition) is 0. The molecule has 0 saturated heterocycles. The number of thiophene rings is 1. The number of halogens is 1. The predicted octanol–water partition coefficient (Wildman–Crippen LogP) is 5.59. The standard InChI is InChI=1S/C16H21ClN2S/c1-3-10-6-5-7-11(8-10)15-18-14(17)13-9-12(4-2)20-16(13)19-15/h9-11H,3-8H2,1-2H3. The molecule has 2 unspecified atom stereocenters. The Bertz CT molecular complexity index is 608. The lowest BCUT2D eigenvalue weighted by Crippen LogP contribution is -2.15. The maximum atomic E-state index is 6.38. The summed E-state index contributed by atoms with van der Waals surface area (Å²) in [5.74, 6) is 2.31. The maximum absolute atomic E-state index is 6.38. The maximum Gasteiger partial charge on any atom is 0.141 e. The molecule has 4 heteroatoms. The van der Waals surface area contributed by atoms with Crippen molar-refractivity contribution in [3.63, 3.8) is 0 Å². The molecule has 1 aliphatic carbocycles. The molecule has 2 atom stereocenters. The summed E-state index contributed by atoms with van der Waals surface area (Å²) in [6.45, 7) is 4.46. The molecule has 108 valence electrons. The zero-order chi connectivity index (χ0) is 14.1. The van der Waals surface area contributed by atoms with Crippen molar-refractivity contribution < 1.29 is 0 Å². The van der Waals surface area contributed by atoms with Crippen LogP contribution in [-0.4, -0.2) is 9.97 Å². The van der Waals surface area contributed by atoms with Crippen molar-refractivity contribution in [2.24, 2.45) is 5.92 Å². The van der Waals surface area contributed by atoms with Crippen LogP contribution in [0.15, 0.2) is 6.07 Å². The van der Waals surface area contributed by atoms with Crippen LogP contribution in [0, 0.1) is 5.92 Å². The molecule has 3 rings (SSSR count). The molecule has 0 radical (unpaired) electrons. The minimum atomic E-state index is 0.503. The fourth-order valence-corrected chi connectivity index (χ4v) is 4.47. The Hall–Kier alpha value is -0.670. The Kier molecular flexibility index (Phi) is 4.27. The lowest BCUT2D eigenvalue weighted by atomic mass is 9.80. The van der Waals surface area contributed by atoms with Gasteiger partial charge in [-0.3, -0.25) is 0 Å². The summed E-state index contributed by atoms with van der Waals surface area (Å²) < 4.78 is 0. The summed E-state index contributed by atoms with van der Waals surface area (Å²) in [7, 11) is 0. The summed E-state index contributed by atoms with van der Waals surface area (Å²) in [5.41, 5.74) is 0. The second kappa shape index (κ2) is 5.98. The first kappa shape index (κ1) is 14.3. The molecule has 2 nitrogen and oxygen atoms in total. The SMILES string of the molecule is CCc1cc2c(Cl)nc(C3CCCC(CC)C3)nc2s1. The van der Waals surface area contributed by atoms with Gasteiger partial charge in [0.15, 0.2) is 0 Å². The van der Waals surface area contributed by atoms with Crippen LogP contribution in [0.3, 0.4) is 0 Å². The summed E-state index contributed by atoms with van der Waals surface area (Å²) in [5, 5.41) is 1.67. The first-order valence-corrected chi connectivity index (χ1v) is 8.86. The molecule has 0 N–H and O–H groups in total. The molecule has 0 spiro atoms. The quantitative estimate of drug-likeness (QED) is 0.691. The van der Waals surface area contributed by atoms with Crippen molar-refractivity contribution in [1.29, 1.82) is 0 Å². The van der Waals surface area contributed by atoms with E-state index in [9.17, 15) is 0 Å². The van der Waals surface area contributed by atoms with Gasteiger partial charge in [0.1, 0.15) is 15.8 Å². The highest BCUT2D eigenvalue weighted by atomic mass is 35.5. The van der Waals surface area contributed by atoms with E-state index in [-0.39, 0.29) is 0 Å². The van der Waals surface area contributed by atoms with Gasteiger partial charge in [-0.2, -0.15) is 0 Å². The van der Waals surface area contributed by atoms with Gasteiger partial charge < -0.3 is 0 Å². The van der Waals surface area contributed by atoms with E-state index in [1.807, 2.05) is 0 Å². The molecular formula is C16H21ClN2S. The third kappa shape index (κ3) is 2.71. The van der Waals surface area contributed by atoms with E-state index in [1.165, 1.54) is 37.0 Å². The molecule has 2 aromatic rings. The van der Waals surface area contributed by atoms with E-state index in [0.717, 1.165) is 28.4 Å². The van der Waals surface area contributed by atoms with Gasteiger partial charge in [-0.1, -0.05) is 44.7 Å². The largest absolute Gasteiger partial charge is 0.222 e. The van der Waals surface area contributed by atoms with Crippen LogP contribution < -0.4 is 0 Å². The Morgan fingerprint density at radius 2 is 2.15 bits per heavy atom. The molecule has 20 heavy (non-hydrogen) atoms. The minimum Gasteiger partial charge on any atom is -0.222 e. The number of aryl methyl sites for hydroxylation is 1. The van der Waals surface area contributed by atoms with Crippen molar-refractivity contribution in [2.75, 3.05) is 0 Å². The first-order chi connectivity index (χ1) is 9.71. The highest BCUT2D eigenvalue weighted by Gasteiger charge is 2.25. The van der Waals surface area contributed by atoms with Gasteiger partial charge in [-0.25, -0.2) is 9.97 Å². The summed E-state index contributed by atoms with van der Waals surface area (Å²) in [4.78, 5) is 11.8. The van der Waals surface area contributed by atoms with Crippen LogP contribution >= 0.6 is 22.9 Å². The second-order valence-corrected chi connectivity index (χ2v) is 7.27. The van der Waals surface area contributed by atoms with Crippen molar-refractivity contribution in [3.8, 4) is 0 Å². The zero-order valence-electron chi connectivity index (χ0n) is 12.2. The summed E-state index contributed by atoms with van der Waals surface area (Å²) in [6.07, 6.45) is 7.41. The van der Waals surface area contributed by atoms with Crippen molar-refractivity contribution in [3.05, 3.63) is 21.9 Å². The Labute approximate surface area is 129 Å². The Morgan fingerprint density at radius 1 is 1.30 bits per heavy atom. The van der Waals surface area contributed by atoms with Gasteiger partial charge in [-0.05, 0) is 31.2 Å². The lowest BCUT2D eigenvalue weighted by Gasteiger charge is -2.27. The van der Waals surface area contributed by atoms with E-state index in [4.69, 9.17) is 16.6 Å². The molecular weight excluding hydrogens is 288 g/mol. The molecule has 0 aromatic carbocycles. The Balaban J connectivity index is 1.95. The second-order valence-electron chi connectivity index (χ2n) is 5.80. The lowest BCUT2D eigenvalue weighted by molar-refractivity contribution is 0.307. The van der Waals surface area contributed by atoms with Crippen LogP contribution in [0.4, 0.5) is 0 Å². The summed E-state index contributed by atoms with van der Waals surface area (Å²) in [6, 6.07) is 2.14. The topological polar surface area (TPSA) is 25.8 Å². The van der Waals surface area contributed by atoms with Crippen LogP contribution in [0.2, 0.25) is 5.15 Å². The highest BCUT2D eigenvalue weighted by molar-refractivity contribution is 7.18. The van der Waals surface area contributed by atoms with Crippen LogP contribution in [-0.2, 0) is 6.42 Å². The number of aromatic nitrogens is 2. The highest BCUT2D eigenvalue weighted by Crippen LogP contribution is 2.38. The molecule has 0 aliphatic heterocycles. The first-order valence-electron chi connectivity index (χ1n) is 7.67. The van der Waals surface area contributed by atoms with Crippen LogP contribution in [0.5, 0.6) is 0 Å². The number of hydrogen-bond acceptors (Lipinski definition) is 3. The number of nitrogens with zero attached hydrogens (tertiary/aromatic N) is 2. The molecule has 0 bridgehead atoms. The van der Waals surface area contributed by atoms with Gasteiger partial charge in [0, 0.05) is 16.2 Å². The molecule has 2 heterocycles. The average molecular weight is 309 g/mol. The fourth-order valence-electron chi connectivity index (χ4n) is 3.21. The average Bonchev–Trinajstić information content (AvgIpc) is 2.91. The van der Waals surface area contributed by atoms with Crippen molar-refractivity contribution >= 4 is 33.2 Å². The van der Waals surface area contributed by atoms with Gasteiger partial charge in [0.05, 0.1) is 0 Å². The van der Waals surface area contributed by atoms with E-state index in [0.29, 0.717) is 11.1 Å². The monoisotopic (exact) mass is 308 g/mol. The molecule has 1 saturated carbocycles. The van der Waals surface area contributed by atoms with Gasteiger partial charge in [-0.15, -0.1) is 11.3 Å².